The predicted molar refractivity (Wildman–Crippen MR) is 115 cm³/mol. The van der Waals surface area contributed by atoms with Gasteiger partial charge in [0.1, 0.15) is 5.75 Å². The van der Waals surface area contributed by atoms with Crippen LogP contribution in [0.4, 0.5) is 5.69 Å². The lowest BCUT2D eigenvalue weighted by molar-refractivity contribution is -0.113. The molecule has 0 fully saturated rings. The number of rotatable bonds is 6. The number of amides is 1. The first-order valence-electron chi connectivity index (χ1n) is 9.05. The molecule has 0 unspecified atom stereocenters. The number of nitrogens with zero attached hydrogens (tertiary/aromatic N) is 3. The van der Waals surface area contributed by atoms with E-state index in [1.54, 1.807) is 19.2 Å². The van der Waals surface area contributed by atoms with Crippen molar-refractivity contribution >= 4 is 45.9 Å². The van der Waals surface area contributed by atoms with Crippen molar-refractivity contribution in [2.75, 3.05) is 18.2 Å². The summed E-state index contributed by atoms with van der Waals surface area (Å²) in [5.41, 5.74) is 3.12. The summed E-state index contributed by atoms with van der Waals surface area (Å²) in [5, 5.41) is 21.9. The molecule has 0 aliphatic carbocycles. The molecule has 30 heavy (non-hydrogen) atoms. The van der Waals surface area contributed by atoms with Crippen molar-refractivity contribution in [2.24, 2.45) is 0 Å². The molecule has 0 saturated heterocycles. The zero-order valence-electron chi connectivity index (χ0n) is 16.2. The zero-order valence-corrected chi connectivity index (χ0v) is 17.1. The summed E-state index contributed by atoms with van der Waals surface area (Å²) >= 11 is 1.25. The van der Waals surface area contributed by atoms with Crippen molar-refractivity contribution < 1.29 is 19.4 Å². The summed E-state index contributed by atoms with van der Waals surface area (Å²) < 4.78 is 7.25. The molecule has 4 rings (SSSR count). The molecule has 0 spiro atoms. The molecule has 0 aliphatic rings. The lowest BCUT2D eigenvalue weighted by Gasteiger charge is -2.09. The summed E-state index contributed by atoms with van der Waals surface area (Å²) in [5.74, 6) is -0.507. The highest BCUT2D eigenvalue weighted by Gasteiger charge is 2.15. The molecule has 2 heterocycles. The molecule has 2 aromatic heterocycles. The van der Waals surface area contributed by atoms with Gasteiger partial charge in [0.2, 0.25) is 5.91 Å². The summed E-state index contributed by atoms with van der Waals surface area (Å²) in [7, 11) is 1.61. The number of fused-ring (bicyclic) bond motifs is 3. The molecule has 0 aliphatic heterocycles. The Morgan fingerprint density at radius 2 is 2.00 bits per heavy atom. The lowest BCUT2D eigenvalue weighted by Crippen LogP contribution is -2.14. The third-order valence-corrected chi connectivity index (χ3v) is 5.49. The van der Waals surface area contributed by atoms with Crippen LogP contribution in [0.25, 0.3) is 16.6 Å². The summed E-state index contributed by atoms with van der Waals surface area (Å²) in [6.45, 7) is 1.96. The van der Waals surface area contributed by atoms with Crippen LogP contribution in [-0.2, 0) is 4.79 Å². The highest BCUT2D eigenvalue weighted by atomic mass is 32.2. The second-order valence-electron chi connectivity index (χ2n) is 6.62. The fourth-order valence-corrected chi connectivity index (χ4v) is 3.90. The van der Waals surface area contributed by atoms with Crippen LogP contribution < -0.4 is 10.1 Å². The highest BCUT2D eigenvalue weighted by molar-refractivity contribution is 7.99. The van der Waals surface area contributed by atoms with Gasteiger partial charge in [-0.15, -0.1) is 10.2 Å². The van der Waals surface area contributed by atoms with Gasteiger partial charge in [0, 0.05) is 11.8 Å². The molecule has 9 heteroatoms. The molecular formula is C21H18N4O4S. The number of carbonyl (C=O) groups is 2. The smallest absolute Gasteiger partial charge is 0.335 e. The second-order valence-corrected chi connectivity index (χ2v) is 7.56. The van der Waals surface area contributed by atoms with Gasteiger partial charge in [-0.05, 0) is 54.3 Å². The topological polar surface area (TPSA) is 106 Å². The van der Waals surface area contributed by atoms with Crippen molar-refractivity contribution in [3.05, 3.63) is 59.7 Å². The van der Waals surface area contributed by atoms with Crippen molar-refractivity contribution in [2.45, 2.75) is 12.1 Å². The maximum absolute atomic E-state index is 12.4. The fraction of sp³-hybridized carbons (Fsp3) is 0.143. The monoisotopic (exact) mass is 422 g/mol. The van der Waals surface area contributed by atoms with Crippen LogP contribution in [-0.4, -0.2) is 44.4 Å². The van der Waals surface area contributed by atoms with Crippen LogP contribution in [0.3, 0.4) is 0 Å². The molecule has 0 bridgehead atoms. The van der Waals surface area contributed by atoms with E-state index in [1.165, 1.54) is 23.9 Å². The van der Waals surface area contributed by atoms with Crippen molar-refractivity contribution in [3.8, 4) is 5.75 Å². The van der Waals surface area contributed by atoms with E-state index in [0.717, 1.165) is 16.5 Å². The number of thioether (sulfide) groups is 1. The van der Waals surface area contributed by atoms with Gasteiger partial charge in [-0.1, -0.05) is 17.8 Å². The second kappa shape index (κ2) is 8.03. The van der Waals surface area contributed by atoms with Gasteiger partial charge in [-0.25, -0.2) is 4.79 Å². The van der Waals surface area contributed by atoms with Gasteiger partial charge in [-0.3, -0.25) is 9.20 Å². The third kappa shape index (κ3) is 3.79. The number of benzene rings is 2. The Morgan fingerprint density at radius 1 is 1.17 bits per heavy atom. The molecule has 2 N–H and O–H groups in total. The Hall–Kier alpha value is -3.59. The number of aromatic nitrogens is 3. The minimum absolute atomic E-state index is 0.0947. The number of carbonyl (C=O) groups excluding carboxylic acids is 1. The third-order valence-electron chi connectivity index (χ3n) is 4.56. The molecule has 2 aromatic carbocycles. The number of aromatic carboxylic acids is 1. The van der Waals surface area contributed by atoms with Crippen LogP contribution in [0.5, 0.6) is 5.75 Å². The Morgan fingerprint density at radius 3 is 2.77 bits per heavy atom. The fourth-order valence-electron chi connectivity index (χ4n) is 3.16. The van der Waals surface area contributed by atoms with Gasteiger partial charge in [0.25, 0.3) is 0 Å². The first-order chi connectivity index (χ1) is 14.5. The molecule has 8 nitrogen and oxygen atoms in total. The lowest BCUT2D eigenvalue weighted by atomic mass is 10.1. The van der Waals surface area contributed by atoms with E-state index >= 15 is 0 Å². The van der Waals surface area contributed by atoms with Crippen LogP contribution in [0.15, 0.2) is 53.7 Å². The standard InChI is InChI=1S/C21H18N4O4S/c1-12-8-13-6-7-16(29-2)10-17(13)25-19(12)23-24-21(25)30-11-18(26)22-15-5-3-4-14(9-15)20(27)28/h3-10H,11H2,1-2H3,(H,22,26)(H,27,28). The minimum atomic E-state index is -1.05. The average molecular weight is 422 g/mol. The van der Waals surface area contributed by atoms with E-state index < -0.39 is 5.97 Å². The van der Waals surface area contributed by atoms with Crippen LogP contribution in [0.2, 0.25) is 0 Å². The van der Waals surface area contributed by atoms with E-state index in [0.29, 0.717) is 22.2 Å². The first-order valence-corrected chi connectivity index (χ1v) is 10.0. The summed E-state index contributed by atoms with van der Waals surface area (Å²) in [6.07, 6.45) is 0. The molecule has 152 valence electrons. The minimum Gasteiger partial charge on any atom is -0.497 e. The predicted octanol–water partition coefficient (Wildman–Crippen LogP) is 3.63. The normalized spacial score (nSPS) is 11.0. The largest absolute Gasteiger partial charge is 0.497 e. The molecular weight excluding hydrogens is 404 g/mol. The average Bonchev–Trinajstić information content (AvgIpc) is 3.17. The van der Waals surface area contributed by atoms with E-state index in [-0.39, 0.29) is 17.2 Å². The number of hydrogen-bond donors (Lipinski definition) is 2. The van der Waals surface area contributed by atoms with Gasteiger partial charge >= 0.3 is 5.97 Å². The van der Waals surface area contributed by atoms with Crippen molar-refractivity contribution in [1.29, 1.82) is 0 Å². The number of nitrogens with one attached hydrogen (secondary N) is 1. The molecule has 0 atom stereocenters. The maximum Gasteiger partial charge on any atom is 0.335 e. The van der Waals surface area contributed by atoms with E-state index in [1.807, 2.05) is 35.6 Å². The van der Waals surface area contributed by atoms with E-state index in [9.17, 15) is 9.59 Å². The molecule has 4 aromatic rings. The van der Waals surface area contributed by atoms with E-state index in [4.69, 9.17) is 9.84 Å². The number of anilines is 1. The Kier molecular flexibility index (Phi) is 5.28. The number of aryl methyl sites for hydroxylation is 1. The Balaban J connectivity index is 1.59. The van der Waals surface area contributed by atoms with Gasteiger partial charge in [-0.2, -0.15) is 0 Å². The number of ether oxygens (including phenoxy) is 1. The van der Waals surface area contributed by atoms with Crippen LogP contribution in [0.1, 0.15) is 15.9 Å². The maximum atomic E-state index is 12.4. The molecule has 0 saturated carbocycles. The number of pyridine rings is 1. The highest BCUT2D eigenvalue weighted by Crippen LogP contribution is 2.28. The SMILES string of the molecule is COc1ccc2cc(C)c3nnc(SCC(=O)Nc4cccc(C(=O)O)c4)n3c2c1. The molecule has 1 amide bonds. The van der Waals surface area contributed by atoms with Crippen LogP contribution >= 0.6 is 11.8 Å². The quantitative estimate of drug-likeness (QED) is 0.457. The summed E-state index contributed by atoms with van der Waals surface area (Å²) in [6, 6.07) is 13.9. The first kappa shape index (κ1) is 19.7. The molecule has 0 radical (unpaired) electrons. The Bertz CT molecular complexity index is 1280. The van der Waals surface area contributed by atoms with Gasteiger partial charge in [0.05, 0.1) is 23.9 Å². The summed E-state index contributed by atoms with van der Waals surface area (Å²) in [4.78, 5) is 23.5. The van der Waals surface area contributed by atoms with Crippen molar-refractivity contribution in [3.63, 3.8) is 0 Å². The zero-order chi connectivity index (χ0) is 21.3. The number of carboxylic acid groups (broad SMARTS) is 1. The van der Waals surface area contributed by atoms with Gasteiger partial charge in [0.15, 0.2) is 10.8 Å². The van der Waals surface area contributed by atoms with Crippen molar-refractivity contribution in [1.82, 2.24) is 14.6 Å². The Labute approximate surface area is 175 Å². The number of hydrogen-bond acceptors (Lipinski definition) is 6. The van der Waals surface area contributed by atoms with Gasteiger partial charge < -0.3 is 15.2 Å². The number of methoxy groups -OCH3 is 1. The van der Waals surface area contributed by atoms with E-state index in [2.05, 4.69) is 15.5 Å². The van der Waals surface area contributed by atoms with Crippen LogP contribution in [0, 0.1) is 6.92 Å². The number of carboxylic acids is 1.